The van der Waals surface area contributed by atoms with Gasteiger partial charge in [-0.3, -0.25) is 0 Å². The number of aliphatic hydroxyl groups is 1. The second-order valence-corrected chi connectivity index (χ2v) is 5.91. The molecular formula is C18H19N3O2. The zero-order valence-corrected chi connectivity index (χ0v) is 13.1. The van der Waals surface area contributed by atoms with Crippen molar-refractivity contribution in [1.82, 2.24) is 14.8 Å². The van der Waals surface area contributed by atoms with Crippen LogP contribution in [0, 0.1) is 6.92 Å². The van der Waals surface area contributed by atoms with Crippen LogP contribution in [-0.4, -0.2) is 33.1 Å². The van der Waals surface area contributed by atoms with Crippen LogP contribution in [0.25, 0.3) is 22.2 Å². The van der Waals surface area contributed by atoms with Crippen LogP contribution in [0.3, 0.4) is 0 Å². The van der Waals surface area contributed by atoms with E-state index in [0.29, 0.717) is 13.2 Å². The third kappa shape index (κ3) is 2.52. The molecule has 5 heteroatoms. The fourth-order valence-corrected chi connectivity index (χ4v) is 3.16. The van der Waals surface area contributed by atoms with Crippen LogP contribution in [0.1, 0.15) is 16.8 Å². The van der Waals surface area contributed by atoms with Crippen molar-refractivity contribution in [1.29, 1.82) is 0 Å². The molecule has 1 N–H and O–H groups in total. The first kappa shape index (κ1) is 14.4. The topological polar surface area (TPSA) is 60.2 Å². The minimum absolute atomic E-state index is 0.0620. The number of rotatable bonds is 3. The van der Waals surface area contributed by atoms with Gasteiger partial charge in [-0.1, -0.05) is 18.2 Å². The van der Waals surface area contributed by atoms with Gasteiger partial charge in [0, 0.05) is 17.1 Å². The Hall–Kier alpha value is -2.24. The Labute approximate surface area is 134 Å². The first-order valence-electron chi connectivity index (χ1n) is 7.90. The Balaban J connectivity index is 1.78. The third-order valence-corrected chi connectivity index (χ3v) is 4.40. The molecule has 0 fully saturated rings. The molecular weight excluding hydrogens is 290 g/mol. The number of ether oxygens (including phenoxy) is 1. The number of hydrogen-bond donors (Lipinski definition) is 1. The maximum absolute atomic E-state index is 9.13. The van der Waals surface area contributed by atoms with E-state index in [1.807, 2.05) is 13.1 Å². The number of nitrogens with zero attached hydrogens (tertiary/aromatic N) is 3. The molecule has 1 aliphatic rings. The summed E-state index contributed by atoms with van der Waals surface area (Å²) in [6.07, 6.45) is 2.85. The highest BCUT2D eigenvalue weighted by Gasteiger charge is 2.13. The first-order valence-corrected chi connectivity index (χ1v) is 7.90. The summed E-state index contributed by atoms with van der Waals surface area (Å²) in [5.41, 5.74) is 6.68. The number of benzene rings is 1. The van der Waals surface area contributed by atoms with Crippen molar-refractivity contribution in [2.24, 2.45) is 0 Å². The van der Waals surface area contributed by atoms with Crippen LogP contribution in [0.5, 0.6) is 0 Å². The molecule has 4 rings (SSSR count). The smallest absolute Gasteiger partial charge is 0.158 e. The van der Waals surface area contributed by atoms with Gasteiger partial charge in [-0.25, -0.2) is 9.67 Å². The van der Waals surface area contributed by atoms with Gasteiger partial charge in [0.15, 0.2) is 5.65 Å². The van der Waals surface area contributed by atoms with Gasteiger partial charge < -0.3 is 9.84 Å². The van der Waals surface area contributed by atoms with Gasteiger partial charge in [0.1, 0.15) is 0 Å². The lowest BCUT2D eigenvalue weighted by Crippen LogP contribution is -2.09. The van der Waals surface area contributed by atoms with Crippen molar-refractivity contribution in [3.63, 3.8) is 0 Å². The second-order valence-electron chi connectivity index (χ2n) is 5.91. The Kier molecular flexibility index (Phi) is 3.59. The van der Waals surface area contributed by atoms with E-state index in [1.54, 1.807) is 4.68 Å². The molecule has 118 valence electrons. The number of fused-ring (bicyclic) bond motifs is 2. The molecule has 0 amide bonds. The van der Waals surface area contributed by atoms with Crippen LogP contribution >= 0.6 is 0 Å². The molecule has 0 atom stereocenters. The summed E-state index contributed by atoms with van der Waals surface area (Å²) in [5.74, 6) is 0. The molecule has 3 heterocycles. The largest absolute Gasteiger partial charge is 0.394 e. The second kappa shape index (κ2) is 5.76. The van der Waals surface area contributed by atoms with Gasteiger partial charge in [0.25, 0.3) is 0 Å². The average molecular weight is 309 g/mol. The molecule has 2 aromatic heterocycles. The molecule has 5 nitrogen and oxygen atoms in total. The fraction of sp³-hybridized carbons (Fsp3) is 0.333. The molecule has 0 unspecified atom stereocenters. The maximum atomic E-state index is 9.13. The van der Waals surface area contributed by atoms with E-state index in [1.165, 1.54) is 16.7 Å². The summed E-state index contributed by atoms with van der Waals surface area (Å²) in [6.45, 7) is 4.01. The quantitative estimate of drug-likeness (QED) is 0.807. The minimum Gasteiger partial charge on any atom is -0.394 e. The average Bonchev–Trinajstić information content (AvgIpc) is 2.90. The van der Waals surface area contributed by atoms with Crippen LogP contribution in [-0.2, 0) is 24.3 Å². The van der Waals surface area contributed by atoms with E-state index in [4.69, 9.17) is 9.84 Å². The lowest BCUT2D eigenvalue weighted by molar-refractivity contribution is 0.111. The highest BCUT2D eigenvalue weighted by Crippen LogP contribution is 2.28. The molecule has 0 saturated carbocycles. The Morgan fingerprint density at radius 3 is 3.00 bits per heavy atom. The standard InChI is InChI=1S/C18H19N3O2/c1-12-17-9-16(10-19-18(17)21(20-12)5-6-22)13-2-3-15-11-23-7-4-14(15)8-13/h2-3,8-10,22H,4-7,11H2,1H3. The summed E-state index contributed by atoms with van der Waals surface area (Å²) in [5, 5.41) is 14.6. The third-order valence-electron chi connectivity index (χ3n) is 4.40. The van der Waals surface area contributed by atoms with Gasteiger partial charge in [0.2, 0.25) is 0 Å². The van der Waals surface area contributed by atoms with Crippen molar-refractivity contribution in [3.05, 3.63) is 47.3 Å². The highest BCUT2D eigenvalue weighted by atomic mass is 16.5. The first-order chi connectivity index (χ1) is 11.3. The summed E-state index contributed by atoms with van der Waals surface area (Å²) in [6, 6.07) is 8.66. The van der Waals surface area contributed by atoms with Gasteiger partial charge >= 0.3 is 0 Å². The Morgan fingerprint density at radius 2 is 2.13 bits per heavy atom. The number of aliphatic hydroxyl groups excluding tert-OH is 1. The molecule has 1 aromatic carbocycles. The number of aromatic nitrogens is 3. The lowest BCUT2D eigenvalue weighted by Gasteiger charge is -2.17. The van der Waals surface area contributed by atoms with Crippen molar-refractivity contribution in [3.8, 4) is 11.1 Å². The van der Waals surface area contributed by atoms with Crippen molar-refractivity contribution < 1.29 is 9.84 Å². The van der Waals surface area contributed by atoms with E-state index in [-0.39, 0.29) is 6.61 Å². The van der Waals surface area contributed by atoms with Crippen LogP contribution in [0.2, 0.25) is 0 Å². The molecule has 0 spiro atoms. The molecule has 0 aliphatic carbocycles. The van der Waals surface area contributed by atoms with Crippen LogP contribution in [0.4, 0.5) is 0 Å². The van der Waals surface area contributed by atoms with E-state index in [9.17, 15) is 0 Å². The summed E-state index contributed by atoms with van der Waals surface area (Å²) in [7, 11) is 0. The highest BCUT2D eigenvalue weighted by molar-refractivity contribution is 5.83. The number of pyridine rings is 1. The summed E-state index contributed by atoms with van der Waals surface area (Å²) < 4.78 is 7.26. The van der Waals surface area contributed by atoms with E-state index in [0.717, 1.165) is 35.3 Å². The van der Waals surface area contributed by atoms with E-state index in [2.05, 4.69) is 34.3 Å². The van der Waals surface area contributed by atoms with Gasteiger partial charge in [-0.2, -0.15) is 5.10 Å². The minimum atomic E-state index is 0.0620. The van der Waals surface area contributed by atoms with Gasteiger partial charge in [-0.05, 0) is 36.1 Å². The van der Waals surface area contributed by atoms with E-state index < -0.39 is 0 Å². The van der Waals surface area contributed by atoms with Crippen LogP contribution in [0.15, 0.2) is 30.5 Å². The van der Waals surface area contributed by atoms with Gasteiger partial charge in [-0.15, -0.1) is 0 Å². The van der Waals surface area contributed by atoms with Crippen LogP contribution < -0.4 is 0 Å². The molecule has 0 radical (unpaired) electrons. The molecule has 0 bridgehead atoms. The van der Waals surface area contributed by atoms with Crippen molar-refractivity contribution >= 4 is 11.0 Å². The molecule has 1 aliphatic heterocycles. The molecule has 3 aromatic rings. The normalized spacial score (nSPS) is 14.2. The monoisotopic (exact) mass is 309 g/mol. The zero-order valence-electron chi connectivity index (χ0n) is 13.1. The maximum Gasteiger partial charge on any atom is 0.158 e. The summed E-state index contributed by atoms with van der Waals surface area (Å²) >= 11 is 0. The summed E-state index contributed by atoms with van der Waals surface area (Å²) in [4.78, 5) is 4.57. The van der Waals surface area contributed by atoms with Crippen molar-refractivity contribution in [2.45, 2.75) is 26.5 Å². The Bertz CT molecular complexity index is 870. The zero-order chi connectivity index (χ0) is 15.8. The van der Waals surface area contributed by atoms with Gasteiger partial charge in [0.05, 0.1) is 32.1 Å². The molecule has 0 saturated heterocycles. The molecule has 23 heavy (non-hydrogen) atoms. The SMILES string of the molecule is Cc1nn(CCO)c2ncc(-c3ccc4c(c3)CCOC4)cc12. The lowest BCUT2D eigenvalue weighted by atomic mass is 9.97. The Morgan fingerprint density at radius 1 is 1.22 bits per heavy atom. The number of hydrogen-bond acceptors (Lipinski definition) is 4. The van der Waals surface area contributed by atoms with Crippen molar-refractivity contribution in [2.75, 3.05) is 13.2 Å². The predicted octanol–water partition coefficient (Wildman–Crippen LogP) is 2.47. The fourth-order valence-electron chi connectivity index (χ4n) is 3.16. The van der Waals surface area contributed by atoms with E-state index >= 15 is 0 Å². The predicted molar refractivity (Wildman–Crippen MR) is 88.1 cm³/mol. The number of aryl methyl sites for hydroxylation is 1.